The van der Waals surface area contributed by atoms with E-state index in [4.69, 9.17) is 0 Å². The average molecular weight is 236 g/mol. The van der Waals surface area contributed by atoms with E-state index in [0.717, 1.165) is 0 Å². The molecule has 3 rings (SSSR count). The summed E-state index contributed by atoms with van der Waals surface area (Å²) in [6, 6.07) is 0. The molecule has 0 aromatic heterocycles. The fraction of sp³-hybridized carbons (Fsp3) is 0.882. The first-order chi connectivity index (χ1) is 8.50. The number of hydrogen-bond donors (Lipinski definition) is 0. The maximum absolute atomic E-state index is 2.27. The van der Waals surface area contributed by atoms with E-state index in [-0.39, 0.29) is 0 Å². The van der Waals surface area contributed by atoms with Crippen LogP contribution in [0.15, 0.2) is 12.2 Å². The number of allylic oxidation sites excluding steroid dienone is 2. The van der Waals surface area contributed by atoms with Crippen LogP contribution >= 0.6 is 0 Å². The Labute approximate surface area is 109 Å². The Bertz CT molecular complexity index is 134. The van der Waals surface area contributed by atoms with Gasteiger partial charge in [-0.25, -0.2) is 0 Å². The molecule has 0 N–H and O–H groups in total. The van der Waals surface area contributed by atoms with E-state index in [9.17, 15) is 0 Å². The van der Waals surface area contributed by atoms with Gasteiger partial charge in [0.25, 0.3) is 0 Å². The van der Waals surface area contributed by atoms with Crippen LogP contribution in [-0.4, -0.2) is 0 Å². The van der Waals surface area contributed by atoms with Gasteiger partial charge in [-0.05, 0) is 25.7 Å². The highest BCUT2D eigenvalue weighted by atomic mass is 14.0. The van der Waals surface area contributed by atoms with Crippen LogP contribution in [0.2, 0.25) is 0 Å². The molecule has 3 aliphatic rings. The summed E-state index contributed by atoms with van der Waals surface area (Å²) in [5.41, 5.74) is 0. The number of rotatable bonds is 0. The molecule has 0 nitrogen and oxygen atoms in total. The second-order valence-corrected chi connectivity index (χ2v) is 5.64. The van der Waals surface area contributed by atoms with E-state index in [1.54, 1.807) is 0 Å². The van der Waals surface area contributed by atoms with E-state index >= 15 is 0 Å². The molecule has 0 aromatic carbocycles. The Morgan fingerprint density at radius 2 is 0.529 bits per heavy atom. The predicted octanol–water partition coefficient (Wildman–Crippen LogP) is 6.41. The van der Waals surface area contributed by atoms with Crippen molar-refractivity contribution < 1.29 is 0 Å². The molecule has 0 aliphatic heterocycles. The molecule has 0 heteroatoms. The standard InChI is InChI=1S/C6H12.C6H10.C5H10/c2*1-2-4-6-5-3-1;1-2-4-5-3-1/h1-6H2;1-2H,3-6H2;1-5H2. The van der Waals surface area contributed by atoms with Crippen LogP contribution < -0.4 is 0 Å². The zero-order valence-corrected chi connectivity index (χ0v) is 11.8. The summed E-state index contributed by atoms with van der Waals surface area (Å²) in [5.74, 6) is 0. The molecule has 0 bridgehead atoms. The van der Waals surface area contributed by atoms with Crippen molar-refractivity contribution in [1.82, 2.24) is 0 Å². The third-order valence-electron chi connectivity index (χ3n) is 3.91. The Hall–Kier alpha value is -0.260. The average Bonchev–Trinajstić information content (AvgIpc) is 3.03. The normalized spacial score (nSPS) is 23.1. The monoisotopic (exact) mass is 236 g/mol. The number of hydrogen-bond acceptors (Lipinski definition) is 0. The SMILES string of the molecule is C1=CCCCC1.C1CCCC1.C1CCCCC1. The van der Waals surface area contributed by atoms with Crippen LogP contribution in [0.3, 0.4) is 0 Å². The van der Waals surface area contributed by atoms with Crippen LogP contribution in [0.4, 0.5) is 0 Å². The lowest BCUT2D eigenvalue weighted by molar-refractivity contribution is 0.504. The van der Waals surface area contributed by atoms with Gasteiger partial charge in [0.15, 0.2) is 0 Å². The van der Waals surface area contributed by atoms with Crippen LogP contribution in [0.25, 0.3) is 0 Å². The fourth-order valence-electron chi connectivity index (χ4n) is 2.70. The molecule has 17 heavy (non-hydrogen) atoms. The minimum absolute atomic E-state index is 1.32. The summed E-state index contributed by atoms with van der Waals surface area (Å²) in [4.78, 5) is 0. The summed E-state index contributed by atoms with van der Waals surface area (Å²) in [7, 11) is 0. The van der Waals surface area contributed by atoms with Crippen molar-refractivity contribution in [3.63, 3.8) is 0 Å². The van der Waals surface area contributed by atoms with Crippen molar-refractivity contribution in [1.29, 1.82) is 0 Å². The highest BCUT2D eigenvalue weighted by molar-refractivity contribution is 4.85. The second-order valence-electron chi connectivity index (χ2n) is 5.64. The van der Waals surface area contributed by atoms with Gasteiger partial charge in [-0.3, -0.25) is 0 Å². The van der Waals surface area contributed by atoms with Gasteiger partial charge >= 0.3 is 0 Å². The molecular weight excluding hydrogens is 204 g/mol. The van der Waals surface area contributed by atoms with Crippen molar-refractivity contribution in [2.75, 3.05) is 0 Å². The minimum Gasteiger partial charge on any atom is -0.0885 e. The Kier molecular flexibility index (Phi) is 10.6. The maximum Gasteiger partial charge on any atom is -0.0351 e. The molecule has 0 unspecified atom stereocenters. The third kappa shape index (κ3) is 10.6. The molecule has 100 valence electrons. The Balaban J connectivity index is 0.000000128. The molecular formula is C17H32. The highest BCUT2D eigenvalue weighted by Crippen LogP contribution is 2.15. The molecule has 0 radical (unpaired) electrons. The molecule has 2 fully saturated rings. The summed E-state index contributed by atoms with van der Waals surface area (Å²) in [6.45, 7) is 0. The molecule has 0 amide bonds. The summed E-state index contributed by atoms with van der Waals surface area (Å²) >= 11 is 0. The first-order valence-corrected chi connectivity index (χ1v) is 8.15. The predicted molar refractivity (Wildman–Crippen MR) is 78.4 cm³/mol. The summed E-state index contributed by atoms with van der Waals surface area (Å²) in [6.07, 6.45) is 26.5. The highest BCUT2D eigenvalue weighted by Gasteiger charge is 1.96. The van der Waals surface area contributed by atoms with Crippen LogP contribution in [0.5, 0.6) is 0 Å². The van der Waals surface area contributed by atoms with Gasteiger partial charge in [-0.2, -0.15) is 0 Å². The quantitative estimate of drug-likeness (QED) is 0.426. The van der Waals surface area contributed by atoms with Gasteiger partial charge in [-0.1, -0.05) is 82.8 Å². The second kappa shape index (κ2) is 12.2. The molecule has 3 aliphatic carbocycles. The van der Waals surface area contributed by atoms with Crippen molar-refractivity contribution in [3.8, 4) is 0 Å². The summed E-state index contributed by atoms with van der Waals surface area (Å²) in [5, 5.41) is 0. The van der Waals surface area contributed by atoms with Gasteiger partial charge < -0.3 is 0 Å². The van der Waals surface area contributed by atoms with Crippen LogP contribution in [0, 0.1) is 0 Å². The fourth-order valence-corrected chi connectivity index (χ4v) is 2.70. The van der Waals surface area contributed by atoms with E-state index in [1.165, 1.54) is 96.3 Å². The van der Waals surface area contributed by atoms with Crippen LogP contribution in [0.1, 0.15) is 96.3 Å². The largest absolute Gasteiger partial charge is 0.0885 e. The molecule has 0 saturated heterocycles. The molecule has 2 saturated carbocycles. The first kappa shape index (κ1) is 14.8. The lowest BCUT2D eigenvalue weighted by Gasteiger charge is -2.05. The zero-order chi connectivity index (χ0) is 12.0. The van der Waals surface area contributed by atoms with Gasteiger partial charge in [0, 0.05) is 0 Å². The van der Waals surface area contributed by atoms with Gasteiger partial charge in [0.2, 0.25) is 0 Å². The smallest absolute Gasteiger partial charge is 0.0351 e. The lowest BCUT2D eigenvalue weighted by Crippen LogP contribution is -1.85. The Morgan fingerprint density at radius 3 is 0.647 bits per heavy atom. The molecule has 0 spiro atoms. The topological polar surface area (TPSA) is 0 Å². The lowest BCUT2D eigenvalue weighted by atomic mass is 10.0. The Morgan fingerprint density at radius 1 is 0.294 bits per heavy atom. The minimum atomic E-state index is 1.32. The molecule has 0 aromatic rings. The summed E-state index contributed by atoms with van der Waals surface area (Å²) < 4.78 is 0. The van der Waals surface area contributed by atoms with Crippen LogP contribution in [-0.2, 0) is 0 Å². The zero-order valence-electron chi connectivity index (χ0n) is 11.8. The van der Waals surface area contributed by atoms with E-state index < -0.39 is 0 Å². The van der Waals surface area contributed by atoms with E-state index in [1.807, 2.05) is 0 Å². The molecule has 0 atom stereocenters. The van der Waals surface area contributed by atoms with E-state index in [2.05, 4.69) is 12.2 Å². The first-order valence-electron chi connectivity index (χ1n) is 8.15. The van der Waals surface area contributed by atoms with Gasteiger partial charge in [-0.15, -0.1) is 0 Å². The van der Waals surface area contributed by atoms with Crippen molar-refractivity contribution in [2.45, 2.75) is 96.3 Å². The van der Waals surface area contributed by atoms with Crippen molar-refractivity contribution in [2.24, 2.45) is 0 Å². The van der Waals surface area contributed by atoms with Gasteiger partial charge in [0.1, 0.15) is 0 Å². The van der Waals surface area contributed by atoms with Crippen molar-refractivity contribution >= 4 is 0 Å². The van der Waals surface area contributed by atoms with Crippen molar-refractivity contribution in [3.05, 3.63) is 12.2 Å². The maximum atomic E-state index is 2.27. The third-order valence-corrected chi connectivity index (χ3v) is 3.91. The molecule has 0 heterocycles. The van der Waals surface area contributed by atoms with E-state index in [0.29, 0.717) is 0 Å². The van der Waals surface area contributed by atoms with Gasteiger partial charge in [0.05, 0.1) is 0 Å².